The van der Waals surface area contributed by atoms with Gasteiger partial charge in [0.15, 0.2) is 5.78 Å². The molecule has 0 saturated heterocycles. The lowest BCUT2D eigenvalue weighted by atomic mass is 10.0. The molecule has 1 aromatic rings. The molecule has 1 aromatic carbocycles. The van der Waals surface area contributed by atoms with E-state index in [4.69, 9.17) is 5.11 Å². The van der Waals surface area contributed by atoms with Crippen molar-refractivity contribution in [3.63, 3.8) is 0 Å². The Morgan fingerprint density at radius 2 is 1.88 bits per heavy atom. The fourth-order valence-electron chi connectivity index (χ4n) is 1.68. The van der Waals surface area contributed by atoms with E-state index in [1.54, 1.807) is 0 Å². The SMILES string of the molecule is CCC(=O)c1ccc(NC(C)(C)CCO)cc1. The summed E-state index contributed by atoms with van der Waals surface area (Å²) in [6.07, 6.45) is 1.21. The second kappa shape index (κ2) is 5.82. The molecule has 3 heteroatoms. The Bertz CT molecular complexity index is 368. The zero-order chi connectivity index (χ0) is 12.9. The third kappa shape index (κ3) is 4.19. The average Bonchev–Trinajstić information content (AvgIpc) is 2.28. The summed E-state index contributed by atoms with van der Waals surface area (Å²) in [5.74, 6) is 0.158. The number of anilines is 1. The second-order valence-corrected chi connectivity index (χ2v) is 4.84. The maximum Gasteiger partial charge on any atom is 0.162 e. The van der Waals surface area contributed by atoms with Gasteiger partial charge < -0.3 is 10.4 Å². The van der Waals surface area contributed by atoms with E-state index < -0.39 is 0 Å². The van der Waals surface area contributed by atoms with Gasteiger partial charge in [-0.3, -0.25) is 4.79 Å². The van der Waals surface area contributed by atoms with Crippen LogP contribution in [-0.2, 0) is 0 Å². The van der Waals surface area contributed by atoms with Crippen LogP contribution < -0.4 is 5.32 Å². The predicted octanol–water partition coefficient (Wildman–Crippen LogP) is 2.85. The molecule has 0 unspecified atom stereocenters. The first kappa shape index (κ1) is 13.7. The van der Waals surface area contributed by atoms with Crippen LogP contribution in [0.25, 0.3) is 0 Å². The fraction of sp³-hybridized carbons (Fsp3) is 0.500. The first-order valence-electron chi connectivity index (χ1n) is 6.01. The minimum Gasteiger partial charge on any atom is -0.396 e. The number of aliphatic hydroxyl groups is 1. The Morgan fingerprint density at radius 1 is 1.29 bits per heavy atom. The van der Waals surface area contributed by atoms with Crippen LogP contribution >= 0.6 is 0 Å². The number of benzene rings is 1. The topological polar surface area (TPSA) is 49.3 Å². The zero-order valence-electron chi connectivity index (χ0n) is 10.8. The number of nitrogens with one attached hydrogen (secondary N) is 1. The summed E-state index contributed by atoms with van der Waals surface area (Å²) in [6.45, 7) is 6.09. The lowest BCUT2D eigenvalue weighted by molar-refractivity contribution is 0.0988. The number of carbonyl (C=O) groups excluding carboxylic acids is 1. The van der Waals surface area contributed by atoms with Crippen LogP contribution in [0.4, 0.5) is 5.69 Å². The summed E-state index contributed by atoms with van der Waals surface area (Å²) in [4.78, 5) is 11.5. The van der Waals surface area contributed by atoms with Gasteiger partial charge in [-0.25, -0.2) is 0 Å². The highest BCUT2D eigenvalue weighted by atomic mass is 16.3. The molecule has 1 rings (SSSR count). The molecular formula is C14H21NO2. The molecule has 0 bridgehead atoms. The van der Waals surface area contributed by atoms with Gasteiger partial charge in [0.1, 0.15) is 0 Å². The number of Topliss-reactive ketones (excluding diaryl/α,β-unsaturated/α-hetero) is 1. The Labute approximate surface area is 103 Å². The van der Waals surface area contributed by atoms with Gasteiger partial charge in [-0.15, -0.1) is 0 Å². The molecule has 0 radical (unpaired) electrons. The first-order valence-corrected chi connectivity index (χ1v) is 6.01. The van der Waals surface area contributed by atoms with Gasteiger partial charge in [0, 0.05) is 29.8 Å². The van der Waals surface area contributed by atoms with Crippen molar-refractivity contribution in [3.8, 4) is 0 Å². The monoisotopic (exact) mass is 235 g/mol. The third-order valence-corrected chi connectivity index (χ3v) is 2.75. The quantitative estimate of drug-likeness (QED) is 0.745. The Kier molecular flexibility index (Phi) is 4.70. The smallest absolute Gasteiger partial charge is 0.162 e. The molecule has 0 amide bonds. The van der Waals surface area contributed by atoms with E-state index in [-0.39, 0.29) is 17.9 Å². The number of carbonyl (C=O) groups is 1. The summed E-state index contributed by atoms with van der Waals surface area (Å²) in [5, 5.41) is 12.3. The first-order chi connectivity index (χ1) is 7.98. The van der Waals surface area contributed by atoms with Gasteiger partial charge in [0.2, 0.25) is 0 Å². The Morgan fingerprint density at radius 3 is 2.35 bits per heavy atom. The van der Waals surface area contributed by atoms with Crippen LogP contribution in [0.5, 0.6) is 0 Å². The second-order valence-electron chi connectivity index (χ2n) is 4.84. The summed E-state index contributed by atoms with van der Waals surface area (Å²) in [6, 6.07) is 7.48. The fourth-order valence-corrected chi connectivity index (χ4v) is 1.68. The Hall–Kier alpha value is -1.35. The van der Waals surface area contributed by atoms with Gasteiger partial charge in [0.25, 0.3) is 0 Å². The maximum atomic E-state index is 11.5. The molecule has 0 spiro atoms. The molecule has 0 aliphatic heterocycles. The van der Waals surface area contributed by atoms with Crippen molar-refractivity contribution in [2.75, 3.05) is 11.9 Å². The molecule has 3 nitrogen and oxygen atoms in total. The van der Waals surface area contributed by atoms with Crippen LogP contribution in [0, 0.1) is 0 Å². The molecular weight excluding hydrogens is 214 g/mol. The van der Waals surface area contributed by atoms with E-state index in [9.17, 15) is 4.79 Å². The maximum absolute atomic E-state index is 11.5. The molecule has 94 valence electrons. The van der Waals surface area contributed by atoms with Crippen LogP contribution in [0.1, 0.15) is 44.0 Å². The van der Waals surface area contributed by atoms with Crippen molar-refractivity contribution in [3.05, 3.63) is 29.8 Å². The van der Waals surface area contributed by atoms with Crippen molar-refractivity contribution in [1.29, 1.82) is 0 Å². The Balaban J connectivity index is 2.71. The van der Waals surface area contributed by atoms with Gasteiger partial charge in [0.05, 0.1) is 0 Å². The summed E-state index contributed by atoms with van der Waals surface area (Å²) in [7, 11) is 0. The van der Waals surface area contributed by atoms with Crippen molar-refractivity contribution >= 4 is 11.5 Å². The number of aliphatic hydroxyl groups excluding tert-OH is 1. The largest absolute Gasteiger partial charge is 0.396 e. The molecule has 0 atom stereocenters. The van der Waals surface area contributed by atoms with Crippen molar-refractivity contribution in [2.24, 2.45) is 0 Å². The number of rotatable bonds is 6. The summed E-state index contributed by atoms with van der Waals surface area (Å²) >= 11 is 0. The highest BCUT2D eigenvalue weighted by Crippen LogP contribution is 2.18. The van der Waals surface area contributed by atoms with E-state index >= 15 is 0 Å². The van der Waals surface area contributed by atoms with Crippen LogP contribution in [-0.4, -0.2) is 23.0 Å². The summed E-state index contributed by atoms with van der Waals surface area (Å²) in [5.41, 5.74) is 1.57. The van der Waals surface area contributed by atoms with Crippen LogP contribution in [0.2, 0.25) is 0 Å². The van der Waals surface area contributed by atoms with E-state index in [1.807, 2.05) is 45.0 Å². The lowest BCUT2D eigenvalue weighted by Gasteiger charge is -2.26. The van der Waals surface area contributed by atoms with E-state index in [0.717, 1.165) is 11.3 Å². The van der Waals surface area contributed by atoms with Gasteiger partial charge in [-0.05, 0) is 44.5 Å². The molecule has 0 fully saturated rings. The van der Waals surface area contributed by atoms with Crippen molar-refractivity contribution in [2.45, 2.75) is 39.2 Å². The van der Waals surface area contributed by atoms with Crippen molar-refractivity contribution < 1.29 is 9.90 Å². The third-order valence-electron chi connectivity index (χ3n) is 2.75. The number of ketones is 1. The van der Waals surface area contributed by atoms with E-state index in [1.165, 1.54) is 0 Å². The minimum atomic E-state index is -0.148. The van der Waals surface area contributed by atoms with Crippen molar-refractivity contribution in [1.82, 2.24) is 0 Å². The van der Waals surface area contributed by atoms with Gasteiger partial charge in [-0.2, -0.15) is 0 Å². The average molecular weight is 235 g/mol. The van der Waals surface area contributed by atoms with Gasteiger partial charge in [-0.1, -0.05) is 6.92 Å². The van der Waals surface area contributed by atoms with Gasteiger partial charge >= 0.3 is 0 Å². The standard InChI is InChI=1S/C14H21NO2/c1-4-13(17)11-5-7-12(8-6-11)15-14(2,3)9-10-16/h5-8,15-16H,4,9-10H2,1-3H3. The number of hydrogen-bond donors (Lipinski definition) is 2. The predicted molar refractivity (Wildman–Crippen MR) is 70.5 cm³/mol. The minimum absolute atomic E-state index is 0.148. The van der Waals surface area contributed by atoms with E-state index in [2.05, 4.69) is 5.32 Å². The molecule has 0 aliphatic carbocycles. The molecule has 2 N–H and O–H groups in total. The van der Waals surface area contributed by atoms with Crippen LogP contribution in [0.3, 0.4) is 0 Å². The highest BCUT2D eigenvalue weighted by molar-refractivity contribution is 5.96. The molecule has 0 heterocycles. The van der Waals surface area contributed by atoms with E-state index in [0.29, 0.717) is 12.8 Å². The molecule has 17 heavy (non-hydrogen) atoms. The summed E-state index contributed by atoms with van der Waals surface area (Å²) < 4.78 is 0. The number of hydrogen-bond acceptors (Lipinski definition) is 3. The molecule has 0 aromatic heterocycles. The zero-order valence-corrected chi connectivity index (χ0v) is 10.8. The van der Waals surface area contributed by atoms with Crippen LogP contribution in [0.15, 0.2) is 24.3 Å². The normalized spacial score (nSPS) is 11.3. The lowest BCUT2D eigenvalue weighted by Crippen LogP contribution is -2.31. The highest BCUT2D eigenvalue weighted by Gasteiger charge is 2.16. The molecule has 0 saturated carbocycles. The molecule has 0 aliphatic rings.